The van der Waals surface area contributed by atoms with E-state index in [0.29, 0.717) is 5.75 Å². The second-order valence-electron chi connectivity index (χ2n) is 3.79. The molecule has 5 nitrogen and oxygen atoms in total. The lowest BCUT2D eigenvalue weighted by molar-refractivity contribution is 0.187. The molecule has 0 bridgehead atoms. The van der Waals surface area contributed by atoms with Crippen molar-refractivity contribution in [2.24, 2.45) is 7.05 Å². The summed E-state index contributed by atoms with van der Waals surface area (Å²) in [6.45, 7) is 1.51. The molecule has 2 rings (SSSR count). The second kappa shape index (κ2) is 4.66. The van der Waals surface area contributed by atoms with Crippen LogP contribution in [0.3, 0.4) is 0 Å². The maximum atomic E-state index is 12.0. The van der Waals surface area contributed by atoms with Crippen LogP contribution < -0.4 is 10.4 Å². The highest BCUT2D eigenvalue weighted by molar-refractivity contribution is 7.71. The molecule has 0 saturated heterocycles. The van der Waals surface area contributed by atoms with Gasteiger partial charge in [0.25, 0.3) is 5.56 Å². The predicted octanol–water partition coefficient (Wildman–Crippen LogP) is 1.77. The summed E-state index contributed by atoms with van der Waals surface area (Å²) in [5.74, 6) is 0.341. The van der Waals surface area contributed by atoms with Gasteiger partial charge in [-0.2, -0.15) is 0 Å². The molecule has 1 heterocycles. The monoisotopic (exact) mass is 264 g/mol. The van der Waals surface area contributed by atoms with E-state index < -0.39 is 5.56 Å². The molecule has 0 aliphatic carbocycles. The van der Waals surface area contributed by atoms with Crippen LogP contribution in [0.1, 0.15) is 5.56 Å². The van der Waals surface area contributed by atoms with Crippen LogP contribution in [0.5, 0.6) is 11.6 Å². The number of benzene rings is 1. The third kappa shape index (κ3) is 2.02. The van der Waals surface area contributed by atoms with Crippen molar-refractivity contribution < 1.29 is 9.94 Å². The molecule has 0 spiro atoms. The smallest absolute Gasteiger partial charge is 0.294 e. The van der Waals surface area contributed by atoms with Gasteiger partial charge in [0.2, 0.25) is 10.7 Å². The van der Waals surface area contributed by atoms with Crippen molar-refractivity contribution in [2.45, 2.75) is 6.92 Å². The molecule has 1 aromatic heterocycles. The van der Waals surface area contributed by atoms with Crippen LogP contribution >= 0.6 is 12.2 Å². The van der Waals surface area contributed by atoms with E-state index in [1.165, 1.54) is 11.5 Å². The van der Waals surface area contributed by atoms with Gasteiger partial charge >= 0.3 is 0 Å². The van der Waals surface area contributed by atoms with Gasteiger partial charge in [-0.15, -0.1) is 4.73 Å². The van der Waals surface area contributed by atoms with Gasteiger partial charge in [0.05, 0.1) is 5.56 Å². The molecule has 94 valence electrons. The molecule has 1 aromatic carbocycles. The Morgan fingerprint density at radius 1 is 1.28 bits per heavy atom. The average Bonchev–Trinajstić information content (AvgIpc) is 2.40. The Bertz CT molecular complexity index is 652. The molecule has 1 N–H and O–H groups in total. The zero-order chi connectivity index (χ0) is 13.3. The Kier molecular flexibility index (Phi) is 3.20. The van der Waals surface area contributed by atoms with Crippen molar-refractivity contribution in [2.75, 3.05) is 0 Å². The van der Waals surface area contributed by atoms with Gasteiger partial charge in [-0.25, -0.2) is 0 Å². The number of hydrogen-bond donors (Lipinski definition) is 1. The zero-order valence-corrected chi connectivity index (χ0v) is 10.8. The van der Waals surface area contributed by atoms with Crippen LogP contribution in [0, 0.1) is 11.7 Å². The lowest BCUT2D eigenvalue weighted by Crippen LogP contribution is -2.29. The van der Waals surface area contributed by atoms with Gasteiger partial charge in [0.15, 0.2) is 5.75 Å². The van der Waals surface area contributed by atoms with E-state index in [4.69, 9.17) is 17.1 Å². The molecular formula is C12H12N2O3S. The SMILES string of the molecule is Cc1c(O)n(C)c(=S)n(Oc2ccccc2)c1=O. The van der Waals surface area contributed by atoms with Crippen LogP contribution in [-0.4, -0.2) is 14.4 Å². The number of nitrogens with zero attached hydrogens (tertiary/aromatic N) is 2. The fraction of sp³-hybridized carbons (Fsp3) is 0.167. The summed E-state index contributed by atoms with van der Waals surface area (Å²) in [7, 11) is 1.56. The first kappa shape index (κ1) is 12.4. The summed E-state index contributed by atoms with van der Waals surface area (Å²) in [6.07, 6.45) is 0. The molecule has 0 aliphatic heterocycles. The van der Waals surface area contributed by atoms with Crippen molar-refractivity contribution in [3.05, 3.63) is 51.0 Å². The highest BCUT2D eigenvalue weighted by atomic mass is 32.1. The molecule has 0 unspecified atom stereocenters. The fourth-order valence-corrected chi connectivity index (χ4v) is 1.69. The van der Waals surface area contributed by atoms with E-state index in [-0.39, 0.29) is 16.2 Å². The quantitative estimate of drug-likeness (QED) is 0.840. The summed E-state index contributed by atoms with van der Waals surface area (Å²) < 4.78 is 2.39. The molecular weight excluding hydrogens is 252 g/mol. The third-order valence-corrected chi connectivity index (χ3v) is 3.00. The van der Waals surface area contributed by atoms with Gasteiger partial charge < -0.3 is 9.94 Å². The number of para-hydroxylation sites is 1. The topological polar surface area (TPSA) is 56.4 Å². The van der Waals surface area contributed by atoms with Crippen molar-refractivity contribution in [3.8, 4) is 11.6 Å². The number of aromatic hydroxyl groups is 1. The zero-order valence-electron chi connectivity index (χ0n) is 9.95. The van der Waals surface area contributed by atoms with Gasteiger partial charge in [-0.3, -0.25) is 9.36 Å². The first-order valence-corrected chi connectivity index (χ1v) is 5.68. The second-order valence-corrected chi connectivity index (χ2v) is 4.16. The fourth-order valence-electron chi connectivity index (χ4n) is 1.48. The number of aromatic nitrogens is 2. The largest absolute Gasteiger partial charge is 0.494 e. The number of hydrogen-bond acceptors (Lipinski definition) is 4. The van der Waals surface area contributed by atoms with E-state index in [1.54, 1.807) is 31.3 Å². The van der Waals surface area contributed by atoms with Gasteiger partial charge in [0, 0.05) is 7.05 Å². The molecule has 2 aromatic rings. The highest BCUT2D eigenvalue weighted by Gasteiger charge is 2.12. The van der Waals surface area contributed by atoms with Crippen LogP contribution in [-0.2, 0) is 7.05 Å². The standard InChI is InChI=1S/C12H12N2O3S/c1-8-10(15)13(2)12(18)14(11(8)16)17-9-6-4-3-5-7-9/h3-7,15H,1-2H3. The van der Waals surface area contributed by atoms with Crippen LogP contribution in [0.2, 0.25) is 0 Å². The minimum Gasteiger partial charge on any atom is -0.494 e. The van der Waals surface area contributed by atoms with Crippen molar-refractivity contribution in [1.82, 2.24) is 9.30 Å². The molecule has 0 radical (unpaired) electrons. The molecule has 0 aliphatic rings. The number of rotatable bonds is 2. The summed E-state index contributed by atoms with van der Waals surface area (Å²) in [5, 5.41) is 9.69. The normalized spacial score (nSPS) is 10.3. The Morgan fingerprint density at radius 2 is 1.89 bits per heavy atom. The molecule has 18 heavy (non-hydrogen) atoms. The van der Waals surface area contributed by atoms with E-state index in [1.807, 2.05) is 6.07 Å². The van der Waals surface area contributed by atoms with Crippen molar-refractivity contribution in [1.29, 1.82) is 0 Å². The summed E-state index contributed by atoms with van der Waals surface area (Å²) in [5.41, 5.74) is -0.290. The van der Waals surface area contributed by atoms with Crippen LogP contribution in [0.4, 0.5) is 0 Å². The van der Waals surface area contributed by atoms with E-state index in [0.717, 1.165) is 4.73 Å². The highest BCUT2D eigenvalue weighted by Crippen LogP contribution is 2.13. The van der Waals surface area contributed by atoms with Gasteiger partial charge in [0.1, 0.15) is 0 Å². The van der Waals surface area contributed by atoms with E-state index in [9.17, 15) is 9.90 Å². The van der Waals surface area contributed by atoms with E-state index in [2.05, 4.69) is 0 Å². The molecule has 0 saturated carbocycles. The molecule has 0 fully saturated rings. The summed E-state index contributed by atoms with van der Waals surface area (Å²) in [6, 6.07) is 8.84. The molecule has 0 amide bonds. The predicted molar refractivity (Wildman–Crippen MR) is 69.4 cm³/mol. The average molecular weight is 264 g/mol. The maximum Gasteiger partial charge on any atom is 0.294 e. The van der Waals surface area contributed by atoms with Crippen LogP contribution in [0.25, 0.3) is 0 Å². The maximum absolute atomic E-state index is 12.0. The van der Waals surface area contributed by atoms with E-state index >= 15 is 0 Å². The Morgan fingerprint density at radius 3 is 2.50 bits per heavy atom. The lowest BCUT2D eigenvalue weighted by atomic mass is 10.3. The minimum atomic E-state index is -0.473. The third-order valence-electron chi connectivity index (χ3n) is 2.56. The van der Waals surface area contributed by atoms with Crippen molar-refractivity contribution in [3.63, 3.8) is 0 Å². The Labute approximate surface area is 108 Å². The Hall–Kier alpha value is -2.08. The Balaban J connectivity index is 2.60. The minimum absolute atomic E-state index is 0.0898. The van der Waals surface area contributed by atoms with Gasteiger partial charge in [-0.05, 0) is 31.3 Å². The molecule has 6 heteroatoms. The first-order chi connectivity index (χ1) is 8.52. The molecule has 0 atom stereocenters. The van der Waals surface area contributed by atoms with Crippen LogP contribution in [0.15, 0.2) is 35.1 Å². The first-order valence-electron chi connectivity index (χ1n) is 5.27. The van der Waals surface area contributed by atoms with Gasteiger partial charge in [-0.1, -0.05) is 18.2 Å². The van der Waals surface area contributed by atoms with Crippen molar-refractivity contribution >= 4 is 12.2 Å². The summed E-state index contributed by atoms with van der Waals surface area (Å²) >= 11 is 5.07. The summed E-state index contributed by atoms with van der Waals surface area (Å²) in [4.78, 5) is 17.4. The lowest BCUT2D eigenvalue weighted by Gasteiger charge is -2.12.